The Hall–Kier alpha value is -3.41. The molecule has 0 aliphatic heterocycles. The van der Waals surface area contributed by atoms with Crippen LogP contribution < -0.4 is 10.5 Å². The molecule has 1 atom stereocenters. The Bertz CT molecular complexity index is 1420. The van der Waals surface area contributed by atoms with Gasteiger partial charge in [-0.25, -0.2) is 8.42 Å². The number of ether oxygens (including phenoxy) is 2. The van der Waals surface area contributed by atoms with Crippen LogP contribution >= 0.6 is 11.6 Å². The van der Waals surface area contributed by atoms with E-state index in [1.807, 2.05) is 0 Å². The van der Waals surface area contributed by atoms with Gasteiger partial charge in [0.2, 0.25) is 15.9 Å². The zero-order chi connectivity index (χ0) is 26.7. The average molecular weight is 547 g/mol. The van der Waals surface area contributed by atoms with E-state index < -0.39 is 27.9 Å². The molecule has 10 nitrogen and oxygen atoms in total. The smallest absolute Gasteiger partial charge is 0.327 e. The molecule has 0 bridgehead atoms. The Morgan fingerprint density at radius 2 is 1.95 bits per heavy atom. The molecule has 1 aliphatic rings. The monoisotopic (exact) mass is 546 g/mol. The van der Waals surface area contributed by atoms with Crippen LogP contribution in [0.25, 0.3) is 0 Å². The van der Waals surface area contributed by atoms with Gasteiger partial charge in [-0.1, -0.05) is 11.6 Å². The number of amides is 1. The highest BCUT2D eigenvalue weighted by atomic mass is 35.5. The largest absolute Gasteiger partial charge is 0.465 e. The predicted molar refractivity (Wildman–Crippen MR) is 136 cm³/mol. The number of hydrogen-bond donors (Lipinski definition) is 1. The topological polar surface area (TPSA) is 134 Å². The van der Waals surface area contributed by atoms with Crippen molar-refractivity contribution in [2.24, 2.45) is 5.73 Å². The van der Waals surface area contributed by atoms with Crippen LogP contribution in [0.5, 0.6) is 11.5 Å². The fourth-order valence-electron chi connectivity index (χ4n) is 4.31. The molecule has 0 spiro atoms. The van der Waals surface area contributed by atoms with Crippen LogP contribution in [0.3, 0.4) is 0 Å². The predicted octanol–water partition coefficient (Wildman–Crippen LogP) is 3.69. The summed E-state index contributed by atoms with van der Waals surface area (Å²) >= 11 is 6.38. The maximum Gasteiger partial charge on any atom is 0.327 e. The number of halogens is 1. The van der Waals surface area contributed by atoms with Crippen LogP contribution in [0.4, 0.5) is 0 Å². The number of primary amides is 1. The molecule has 0 radical (unpaired) electrons. The van der Waals surface area contributed by atoms with Crippen LogP contribution in [0.2, 0.25) is 5.02 Å². The molecule has 2 N–H and O–H groups in total. The molecule has 0 unspecified atom stereocenters. The summed E-state index contributed by atoms with van der Waals surface area (Å²) in [5.74, 6) is -0.276. The maximum absolute atomic E-state index is 13.5. The highest BCUT2D eigenvalue weighted by molar-refractivity contribution is 7.89. The Balaban J connectivity index is 1.54. The lowest BCUT2D eigenvalue weighted by Gasteiger charge is -2.31. The lowest BCUT2D eigenvalue weighted by Crippen LogP contribution is -2.33. The summed E-state index contributed by atoms with van der Waals surface area (Å²) in [7, 11) is -2.39. The number of carbonyl (C=O) groups is 2. The van der Waals surface area contributed by atoms with E-state index in [1.54, 1.807) is 29.9 Å². The van der Waals surface area contributed by atoms with E-state index in [0.29, 0.717) is 24.2 Å². The molecule has 4 rings (SSSR count). The minimum absolute atomic E-state index is 0.0162. The van der Waals surface area contributed by atoms with Crippen molar-refractivity contribution in [3.63, 3.8) is 0 Å². The van der Waals surface area contributed by atoms with Gasteiger partial charge >= 0.3 is 5.97 Å². The van der Waals surface area contributed by atoms with Crippen LogP contribution in [0.15, 0.2) is 53.6 Å². The molecule has 196 valence electrons. The Morgan fingerprint density at radius 1 is 1.22 bits per heavy atom. The van der Waals surface area contributed by atoms with E-state index >= 15 is 0 Å². The standard InChI is InChI=1S/C25H27ClN4O6S/c1-3-35-24(31)15-30-22-6-4-5-21(19(22)14-28-30)29(2)37(33,34)18-11-12-23(20(26)13-18)36-17-9-7-16(8-10-17)25(27)32/h7-14,21H,3-6,15H2,1-2H3,(H2,27,32)/t21-/m1/s1. The van der Waals surface area contributed by atoms with Crippen LogP contribution in [-0.4, -0.2) is 48.0 Å². The third kappa shape index (κ3) is 5.63. The minimum Gasteiger partial charge on any atom is -0.465 e. The number of sulfonamides is 1. The normalized spacial score (nSPS) is 15.3. The van der Waals surface area contributed by atoms with Gasteiger partial charge in [-0.3, -0.25) is 14.3 Å². The van der Waals surface area contributed by atoms with Crippen molar-refractivity contribution in [3.05, 3.63) is 70.5 Å². The van der Waals surface area contributed by atoms with E-state index in [-0.39, 0.29) is 28.8 Å². The average Bonchev–Trinajstić information content (AvgIpc) is 3.28. The van der Waals surface area contributed by atoms with Crippen molar-refractivity contribution in [2.45, 2.75) is 43.7 Å². The third-order valence-electron chi connectivity index (χ3n) is 6.20. The second-order valence-electron chi connectivity index (χ2n) is 8.52. The number of benzene rings is 2. The zero-order valence-corrected chi connectivity index (χ0v) is 22.0. The SMILES string of the molecule is CCOC(=O)Cn1ncc2c1CCC[C@H]2N(C)S(=O)(=O)c1ccc(Oc2ccc(C(N)=O)cc2)c(Cl)c1. The number of aromatic nitrogens is 2. The summed E-state index contributed by atoms with van der Waals surface area (Å²) in [6.45, 7) is 1.99. The first-order chi connectivity index (χ1) is 17.6. The quantitative estimate of drug-likeness (QED) is 0.404. The summed E-state index contributed by atoms with van der Waals surface area (Å²) in [6, 6.07) is 9.99. The molecule has 1 aliphatic carbocycles. The Kier molecular flexibility index (Phi) is 7.86. The summed E-state index contributed by atoms with van der Waals surface area (Å²) in [4.78, 5) is 23.2. The number of nitrogens with two attached hydrogens (primary N) is 1. The van der Waals surface area contributed by atoms with Gasteiger partial charge in [-0.15, -0.1) is 0 Å². The number of nitrogens with zero attached hydrogens (tertiary/aromatic N) is 3. The van der Waals surface area contributed by atoms with Gasteiger partial charge in [0.1, 0.15) is 18.0 Å². The first-order valence-electron chi connectivity index (χ1n) is 11.7. The van der Waals surface area contributed by atoms with Crippen LogP contribution in [0, 0.1) is 0 Å². The highest BCUT2D eigenvalue weighted by Crippen LogP contribution is 2.38. The number of fused-ring (bicyclic) bond motifs is 1. The first kappa shape index (κ1) is 26.6. The van der Waals surface area contributed by atoms with Gasteiger partial charge in [-0.05, 0) is 68.7 Å². The van der Waals surface area contributed by atoms with Gasteiger partial charge in [0, 0.05) is 23.9 Å². The van der Waals surface area contributed by atoms with Crippen molar-refractivity contribution < 1.29 is 27.5 Å². The van der Waals surface area contributed by atoms with Gasteiger partial charge in [0.05, 0.1) is 28.8 Å². The number of rotatable bonds is 9. The first-order valence-corrected chi connectivity index (χ1v) is 13.5. The van der Waals surface area contributed by atoms with Crippen LogP contribution in [-0.2, 0) is 32.5 Å². The lowest BCUT2D eigenvalue weighted by molar-refractivity contribution is -0.144. The van der Waals surface area contributed by atoms with Gasteiger partial charge in [0.25, 0.3) is 0 Å². The third-order valence-corrected chi connectivity index (χ3v) is 8.36. The van der Waals surface area contributed by atoms with E-state index in [4.69, 9.17) is 26.8 Å². The fourth-order valence-corrected chi connectivity index (χ4v) is 5.99. The molecular formula is C25H27ClN4O6S. The highest BCUT2D eigenvalue weighted by Gasteiger charge is 2.34. The molecule has 3 aromatic rings. The fraction of sp³-hybridized carbons (Fsp3) is 0.320. The second-order valence-corrected chi connectivity index (χ2v) is 10.9. The molecule has 1 amide bonds. The van der Waals surface area contributed by atoms with Gasteiger partial charge < -0.3 is 15.2 Å². The van der Waals surface area contributed by atoms with E-state index in [2.05, 4.69) is 5.10 Å². The number of hydrogen-bond acceptors (Lipinski definition) is 7. The van der Waals surface area contributed by atoms with Crippen molar-refractivity contribution in [1.29, 1.82) is 0 Å². The molecule has 0 fully saturated rings. The van der Waals surface area contributed by atoms with Gasteiger partial charge in [-0.2, -0.15) is 9.40 Å². The van der Waals surface area contributed by atoms with E-state index in [9.17, 15) is 18.0 Å². The lowest BCUT2D eigenvalue weighted by atomic mass is 9.93. The van der Waals surface area contributed by atoms with Crippen molar-refractivity contribution >= 4 is 33.5 Å². The Labute approximate surface area is 220 Å². The molecule has 0 saturated carbocycles. The minimum atomic E-state index is -3.92. The molecular weight excluding hydrogens is 520 g/mol. The molecule has 2 aromatic carbocycles. The molecule has 0 saturated heterocycles. The molecule has 37 heavy (non-hydrogen) atoms. The van der Waals surface area contributed by atoms with Crippen molar-refractivity contribution in [1.82, 2.24) is 14.1 Å². The summed E-state index contributed by atoms with van der Waals surface area (Å²) in [5, 5.41) is 4.43. The van der Waals surface area contributed by atoms with Gasteiger partial charge in [0.15, 0.2) is 0 Å². The number of carbonyl (C=O) groups excluding carboxylic acids is 2. The molecule has 12 heteroatoms. The number of esters is 1. The van der Waals surface area contributed by atoms with Crippen molar-refractivity contribution in [2.75, 3.05) is 13.7 Å². The summed E-state index contributed by atoms with van der Waals surface area (Å²) in [6.07, 6.45) is 3.67. The molecule has 1 heterocycles. The zero-order valence-electron chi connectivity index (χ0n) is 20.4. The maximum atomic E-state index is 13.5. The van der Waals surface area contributed by atoms with Crippen LogP contribution in [0.1, 0.15) is 47.4 Å². The van der Waals surface area contributed by atoms with E-state index in [1.165, 1.54) is 41.7 Å². The summed E-state index contributed by atoms with van der Waals surface area (Å²) in [5.41, 5.74) is 7.18. The second kappa shape index (κ2) is 10.9. The Morgan fingerprint density at radius 3 is 2.59 bits per heavy atom. The van der Waals surface area contributed by atoms with E-state index in [0.717, 1.165) is 17.7 Å². The summed E-state index contributed by atoms with van der Waals surface area (Å²) < 4.78 is 40.7. The molecule has 1 aromatic heterocycles. The van der Waals surface area contributed by atoms with Crippen molar-refractivity contribution in [3.8, 4) is 11.5 Å².